The Labute approximate surface area is 210 Å². The van der Waals surface area contributed by atoms with Gasteiger partial charge in [0, 0.05) is 6.54 Å². The fourth-order valence-corrected chi connectivity index (χ4v) is 4.06. The minimum absolute atomic E-state index is 0.181. The van der Waals surface area contributed by atoms with Crippen molar-refractivity contribution < 1.29 is 14.3 Å². The summed E-state index contributed by atoms with van der Waals surface area (Å²) in [5, 5.41) is 7.55. The van der Waals surface area contributed by atoms with E-state index in [-0.39, 0.29) is 17.3 Å². The molecule has 0 aliphatic rings. The molecular formula is C27H32N6O3. The Morgan fingerprint density at radius 2 is 1.75 bits per heavy atom. The number of fused-ring (bicyclic) bond motifs is 2. The third-order valence-corrected chi connectivity index (χ3v) is 6.00. The number of hydrogen-bond acceptors (Lipinski definition) is 7. The lowest BCUT2D eigenvalue weighted by molar-refractivity contribution is 0.0955. The second-order valence-electron chi connectivity index (χ2n) is 8.49. The highest BCUT2D eigenvalue weighted by atomic mass is 16.5. The van der Waals surface area contributed by atoms with Crippen LogP contribution in [0.5, 0.6) is 11.5 Å². The van der Waals surface area contributed by atoms with Crippen molar-refractivity contribution in [1.29, 1.82) is 0 Å². The van der Waals surface area contributed by atoms with E-state index in [0.29, 0.717) is 40.2 Å². The molecule has 2 aromatic carbocycles. The molecule has 0 saturated heterocycles. The molecule has 36 heavy (non-hydrogen) atoms. The zero-order chi connectivity index (χ0) is 25.5. The topological polar surface area (TPSA) is 117 Å². The maximum absolute atomic E-state index is 13.2. The standard InChI is InChI=1S/C27H32N6O3/c1-4-5-6-7-10-15-29-27(34)23-24-26(32-20-12-9-8-11-19(20)31-24)33(25(23)28)30-17-18-13-14-21(35-2)22(16-18)36-3/h8-9,11-14,16-17H,4-7,10,15,28H2,1-3H3,(H,29,34)/b30-17-. The number of unbranched alkanes of at least 4 members (excludes halogenated alkanes) is 4. The van der Waals surface area contributed by atoms with Crippen molar-refractivity contribution in [2.24, 2.45) is 5.10 Å². The normalized spacial score (nSPS) is 11.4. The Morgan fingerprint density at radius 1 is 1.03 bits per heavy atom. The lowest BCUT2D eigenvalue weighted by Crippen LogP contribution is -2.25. The van der Waals surface area contributed by atoms with Crippen molar-refractivity contribution in [1.82, 2.24) is 20.0 Å². The van der Waals surface area contributed by atoms with E-state index in [1.54, 1.807) is 32.6 Å². The molecule has 0 unspecified atom stereocenters. The smallest absolute Gasteiger partial charge is 0.257 e. The van der Waals surface area contributed by atoms with Gasteiger partial charge in [-0.3, -0.25) is 4.79 Å². The Balaban J connectivity index is 1.70. The number of nitrogen functional groups attached to an aromatic ring is 1. The molecule has 1 amide bonds. The highest BCUT2D eigenvalue weighted by Gasteiger charge is 2.24. The molecule has 0 bridgehead atoms. The highest BCUT2D eigenvalue weighted by Crippen LogP contribution is 2.29. The maximum atomic E-state index is 13.2. The third-order valence-electron chi connectivity index (χ3n) is 6.00. The molecule has 2 heterocycles. The van der Waals surface area contributed by atoms with E-state index >= 15 is 0 Å². The molecule has 0 atom stereocenters. The number of benzene rings is 2. The van der Waals surface area contributed by atoms with Gasteiger partial charge in [-0.25, -0.2) is 9.97 Å². The molecule has 0 aliphatic heterocycles. The quantitative estimate of drug-likeness (QED) is 0.232. The summed E-state index contributed by atoms with van der Waals surface area (Å²) in [4.78, 5) is 22.6. The van der Waals surface area contributed by atoms with Crippen LogP contribution in [-0.2, 0) is 0 Å². The first-order valence-corrected chi connectivity index (χ1v) is 12.2. The van der Waals surface area contributed by atoms with Gasteiger partial charge in [0.1, 0.15) is 16.9 Å². The van der Waals surface area contributed by atoms with Gasteiger partial charge in [0.15, 0.2) is 17.1 Å². The van der Waals surface area contributed by atoms with Gasteiger partial charge in [0.05, 0.1) is 31.5 Å². The van der Waals surface area contributed by atoms with E-state index in [4.69, 9.17) is 25.2 Å². The van der Waals surface area contributed by atoms with Crippen molar-refractivity contribution in [3.63, 3.8) is 0 Å². The first-order chi connectivity index (χ1) is 17.6. The average Bonchev–Trinajstić information content (AvgIpc) is 3.17. The van der Waals surface area contributed by atoms with Gasteiger partial charge < -0.3 is 20.5 Å². The number of carbonyl (C=O) groups is 1. The van der Waals surface area contributed by atoms with Crippen LogP contribution in [0, 0.1) is 0 Å². The molecule has 0 fully saturated rings. The fraction of sp³-hybridized carbons (Fsp3) is 0.333. The molecule has 0 aliphatic carbocycles. The molecule has 3 N–H and O–H groups in total. The Morgan fingerprint density at radius 3 is 2.47 bits per heavy atom. The van der Waals surface area contributed by atoms with Gasteiger partial charge in [-0.05, 0) is 42.3 Å². The second kappa shape index (κ2) is 11.5. The lowest BCUT2D eigenvalue weighted by atomic mass is 10.1. The number of methoxy groups -OCH3 is 2. The van der Waals surface area contributed by atoms with Crippen LogP contribution >= 0.6 is 0 Å². The summed E-state index contributed by atoms with van der Waals surface area (Å²) in [5.41, 5.74) is 9.72. The largest absolute Gasteiger partial charge is 0.493 e. The van der Waals surface area contributed by atoms with Crippen molar-refractivity contribution in [3.8, 4) is 11.5 Å². The minimum atomic E-state index is -0.280. The Kier molecular flexibility index (Phi) is 7.99. The van der Waals surface area contributed by atoms with E-state index in [9.17, 15) is 4.79 Å². The maximum Gasteiger partial charge on any atom is 0.257 e. The first-order valence-electron chi connectivity index (χ1n) is 12.2. The van der Waals surface area contributed by atoms with Crippen molar-refractivity contribution in [3.05, 3.63) is 53.6 Å². The van der Waals surface area contributed by atoms with Crippen molar-refractivity contribution in [2.75, 3.05) is 26.5 Å². The van der Waals surface area contributed by atoms with Gasteiger partial charge in [-0.2, -0.15) is 9.78 Å². The second-order valence-corrected chi connectivity index (χ2v) is 8.49. The number of rotatable bonds is 11. The monoisotopic (exact) mass is 488 g/mol. The number of aromatic nitrogens is 3. The highest BCUT2D eigenvalue weighted by molar-refractivity contribution is 6.10. The predicted octanol–water partition coefficient (Wildman–Crippen LogP) is 4.77. The van der Waals surface area contributed by atoms with E-state index in [1.165, 1.54) is 17.5 Å². The number of para-hydroxylation sites is 2. The number of nitrogens with zero attached hydrogens (tertiary/aromatic N) is 4. The minimum Gasteiger partial charge on any atom is -0.493 e. The van der Waals surface area contributed by atoms with Gasteiger partial charge in [0.25, 0.3) is 5.91 Å². The van der Waals surface area contributed by atoms with Gasteiger partial charge in [-0.15, -0.1) is 0 Å². The molecule has 4 rings (SSSR count). The summed E-state index contributed by atoms with van der Waals surface area (Å²) in [7, 11) is 3.16. The summed E-state index contributed by atoms with van der Waals surface area (Å²) >= 11 is 0. The van der Waals surface area contributed by atoms with Crippen LogP contribution in [0.3, 0.4) is 0 Å². The number of nitrogens with one attached hydrogen (secondary N) is 1. The number of anilines is 1. The first kappa shape index (κ1) is 25.0. The van der Waals surface area contributed by atoms with Crippen LogP contribution in [0.1, 0.15) is 54.9 Å². The molecule has 9 heteroatoms. The Hall–Kier alpha value is -4.14. The van der Waals surface area contributed by atoms with E-state index < -0.39 is 0 Å². The van der Waals surface area contributed by atoms with Crippen LogP contribution < -0.4 is 20.5 Å². The number of hydrogen-bond donors (Lipinski definition) is 2. The zero-order valence-electron chi connectivity index (χ0n) is 21.0. The van der Waals surface area contributed by atoms with Crippen LogP contribution in [-0.4, -0.2) is 47.5 Å². The van der Waals surface area contributed by atoms with E-state index in [2.05, 4.69) is 17.3 Å². The molecule has 0 radical (unpaired) electrons. The summed E-state index contributed by atoms with van der Waals surface area (Å²) in [5.74, 6) is 1.10. The van der Waals surface area contributed by atoms with Gasteiger partial charge >= 0.3 is 0 Å². The van der Waals surface area contributed by atoms with E-state index in [0.717, 1.165) is 24.8 Å². The summed E-state index contributed by atoms with van der Waals surface area (Å²) in [6, 6.07) is 12.9. The van der Waals surface area contributed by atoms with Crippen LogP contribution in [0.4, 0.5) is 5.82 Å². The van der Waals surface area contributed by atoms with Crippen molar-refractivity contribution >= 4 is 40.1 Å². The van der Waals surface area contributed by atoms with Crippen LogP contribution in [0.2, 0.25) is 0 Å². The summed E-state index contributed by atoms with van der Waals surface area (Å²) in [6.07, 6.45) is 7.16. The number of amides is 1. The molecule has 9 nitrogen and oxygen atoms in total. The lowest BCUT2D eigenvalue weighted by Gasteiger charge is -2.07. The number of ether oxygens (including phenoxy) is 2. The molecule has 0 spiro atoms. The van der Waals surface area contributed by atoms with Crippen LogP contribution in [0.25, 0.3) is 22.2 Å². The number of nitrogens with two attached hydrogens (primary N) is 1. The molecule has 188 valence electrons. The average molecular weight is 489 g/mol. The molecule has 0 saturated carbocycles. The number of carbonyl (C=O) groups excluding carboxylic acids is 1. The SMILES string of the molecule is CCCCCCCNC(=O)c1c(N)n(/N=C\c2ccc(OC)c(OC)c2)c2nc3ccccc3nc12. The summed E-state index contributed by atoms with van der Waals surface area (Å²) in [6.45, 7) is 2.75. The Bertz CT molecular complexity index is 1400. The molecule has 4 aromatic rings. The third kappa shape index (κ3) is 5.25. The predicted molar refractivity (Wildman–Crippen MR) is 143 cm³/mol. The molecular weight excluding hydrogens is 456 g/mol. The van der Waals surface area contributed by atoms with Gasteiger partial charge in [0.2, 0.25) is 0 Å². The zero-order valence-corrected chi connectivity index (χ0v) is 21.0. The fourth-order valence-electron chi connectivity index (χ4n) is 4.06. The molecule has 2 aromatic heterocycles. The summed E-state index contributed by atoms with van der Waals surface area (Å²) < 4.78 is 12.1. The van der Waals surface area contributed by atoms with Gasteiger partial charge in [-0.1, -0.05) is 44.7 Å². The van der Waals surface area contributed by atoms with E-state index in [1.807, 2.05) is 30.3 Å². The van der Waals surface area contributed by atoms with Crippen LogP contribution in [0.15, 0.2) is 47.6 Å². The van der Waals surface area contributed by atoms with Crippen molar-refractivity contribution in [2.45, 2.75) is 39.0 Å².